The normalized spacial score (nSPS) is 23.6. The molecule has 3 N–H and O–H groups in total. The van der Waals surface area contributed by atoms with E-state index >= 15 is 0 Å². The van der Waals surface area contributed by atoms with Crippen molar-refractivity contribution in [1.82, 2.24) is 16.0 Å². The van der Waals surface area contributed by atoms with Gasteiger partial charge in [0, 0.05) is 25.6 Å². The zero-order valence-electron chi connectivity index (χ0n) is 12.0. The summed E-state index contributed by atoms with van der Waals surface area (Å²) in [5.74, 6) is -0.0646. The maximum atomic E-state index is 11.7. The van der Waals surface area contributed by atoms with E-state index in [-0.39, 0.29) is 30.3 Å². The number of carbonyl (C=O) groups is 2. The fourth-order valence-corrected chi connectivity index (χ4v) is 2.88. The van der Waals surface area contributed by atoms with Gasteiger partial charge in [0.2, 0.25) is 11.8 Å². The molecule has 116 valence electrons. The van der Waals surface area contributed by atoms with Crippen molar-refractivity contribution < 1.29 is 9.59 Å². The molecule has 1 heterocycles. The summed E-state index contributed by atoms with van der Waals surface area (Å²) >= 11 is 0. The first-order chi connectivity index (χ1) is 9.25. The third-order valence-electron chi connectivity index (χ3n) is 4.02. The monoisotopic (exact) mass is 303 g/mol. The highest BCUT2D eigenvalue weighted by molar-refractivity contribution is 5.90. The molecule has 0 bridgehead atoms. The highest BCUT2D eigenvalue weighted by atomic mass is 35.5. The minimum atomic E-state index is -0.314. The molecule has 2 fully saturated rings. The Hall–Kier alpha value is -0.810. The molecule has 1 unspecified atom stereocenters. The number of rotatable bonds is 5. The van der Waals surface area contributed by atoms with E-state index in [4.69, 9.17) is 0 Å². The van der Waals surface area contributed by atoms with Crippen LogP contribution in [-0.2, 0) is 9.59 Å². The lowest BCUT2D eigenvalue weighted by atomic mass is 10.1. The van der Waals surface area contributed by atoms with Crippen molar-refractivity contribution in [2.45, 2.75) is 63.5 Å². The van der Waals surface area contributed by atoms with Crippen molar-refractivity contribution in [3.63, 3.8) is 0 Å². The van der Waals surface area contributed by atoms with Gasteiger partial charge in [-0.25, -0.2) is 0 Å². The molecule has 1 saturated carbocycles. The molecule has 1 saturated heterocycles. The first-order valence-corrected chi connectivity index (χ1v) is 7.56. The minimum Gasteiger partial charge on any atom is -0.353 e. The van der Waals surface area contributed by atoms with Gasteiger partial charge in [0.25, 0.3) is 0 Å². The van der Waals surface area contributed by atoms with Gasteiger partial charge in [-0.05, 0) is 19.3 Å². The van der Waals surface area contributed by atoms with E-state index in [0.717, 1.165) is 6.54 Å². The second kappa shape index (κ2) is 9.19. The quantitative estimate of drug-likeness (QED) is 0.526. The smallest absolute Gasteiger partial charge is 0.242 e. The lowest BCUT2D eigenvalue weighted by Gasteiger charge is -2.17. The van der Waals surface area contributed by atoms with E-state index in [1.54, 1.807) is 0 Å². The van der Waals surface area contributed by atoms with Gasteiger partial charge < -0.3 is 16.0 Å². The number of nitrogens with one attached hydrogen (secondary N) is 3. The number of hydrogen-bond donors (Lipinski definition) is 3. The summed E-state index contributed by atoms with van der Waals surface area (Å²) in [6, 6.07) is 0.302. The SMILES string of the molecule is Cl.O=C1CCC(C(=O)NCCNC2CCCCCC2)N1. The van der Waals surface area contributed by atoms with Crippen molar-refractivity contribution in [3.05, 3.63) is 0 Å². The Balaban J connectivity index is 0.00000200. The van der Waals surface area contributed by atoms with Crippen molar-refractivity contribution in [2.24, 2.45) is 0 Å². The zero-order valence-corrected chi connectivity index (χ0v) is 12.8. The van der Waals surface area contributed by atoms with Gasteiger partial charge in [-0.1, -0.05) is 25.7 Å². The Bertz CT molecular complexity index is 318. The van der Waals surface area contributed by atoms with Gasteiger partial charge in [0.1, 0.15) is 6.04 Å². The fraction of sp³-hybridized carbons (Fsp3) is 0.857. The van der Waals surface area contributed by atoms with E-state index in [9.17, 15) is 9.59 Å². The molecule has 6 heteroatoms. The molecule has 5 nitrogen and oxygen atoms in total. The van der Waals surface area contributed by atoms with Crippen LogP contribution in [0.5, 0.6) is 0 Å². The van der Waals surface area contributed by atoms with Gasteiger partial charge in [-0.15, -0.1) is 12.4 Å². The lowest BCUT2D eigenvalue weighted by molar-refractivity contribution is -0.125. The molecule has 0 aromatic carbocycles. The lowest BCUT2D eigenvalue weighted by Crippen LogP contribution is -2.44. The molecule has 1 aliphatic carbocycles. The predicted molar refractivity (Wildman–Crippen MR) is 80.9 cm³/mol. The number of hydrogen-bond acceptors (Lipinski definition) is 3. The van der Waals surface area contributed by atoms with Gasteiger partial charge >= 0.3 is 0 Å². The standard InChI is InChI=1S/C14H25N3O2.ClH/c18-13-8-7-12(17-13)14(19)16-10-9-15-11-5-3-1-2-4-6-11;/h11-12,15H,1-10H2,(H,16,19)(H,17,18);1H. The second-order valence-electron chi connectivity index (χ2n) is 5.59. The third-order valence-corrected chi connectivity index (χ3v) is 4.02. The Morgan fingerprint density at radius 2 is 1.80 bits per heavy atom. The summed E-state index contributed by atoms with van der Waals surface area (Å²) in [6.07, 6.45) is 8.96. The number of carbonyl (C=O) groups excluding carboxylic acids is 2. The van der Waals surface area contributed by atoms with E-state index in [1.807, 2.05) is 0 Å². The van der Waals surface area contributed by atoms with Crippen LogP contribution in [0, 0.1) is 0 Å². The van der Waals surface area contributed by atoms with Crippen LogP contribution >= 0.6 is 12.4 Å². The van der Waals surface area contributed by atoms with Crippen molar-refractivity contribution in [1.29, 1.82) is 0 Å². The summed E-state index contributed by atoms with van der Waals surface area (Å²) < 4.78 is 0. The summed E-state index contributed by atoms with van der Waals surface area (Å²) in [5.41, 5.74) is 0. The van der Waals surface area contributed by atoms with Crippen LogP contribution in [0.1, 0.15) is 51.4 Å². The van der Waals surface area contributed by atoms with E-state index in [0.29, 0.717) is 25.4 Å². The largest absolute Gasteiger partial charge is 0.353 e. The molecule has 2 amide bonds. The van der Waals surface area contributed by atoms with Crippen molar-refractivity contribution in [3.8, 4) is 0 Å². The van der Waals surface area contributed by atoms with Crippen molar-refractivity contribution >= 4 is 24.2 Å². The maximum Gasteiger partial charge on any atom is 0.242 e. The molecule has 1 atom stereocenters. The fourth-order valence-electron chi connectivity index (χ4n) is 2.88. The highest BCUT2D eigenvalue weighted by Gasteiger charge is 2.26. The second-order valence-corrected chi connectivity index (χ2v) is 5.59. The molecule has 20 heavy (non-hydrogen) atoms. The number of amides is 2. The van der Waals surface area contributed by atoms with Crippen LogP contribution in [-0.4, -0.2) is 37.0 Å². The molecule has 0 radical (unpaired) electrons. The van der Waals surface area contributed by atoms with Gasteiger partial charge in [-0.3, -0.25) is 9.59 Å². The van der Waals surface area contributed by atoms with Crippen LogP contribution in [0.4, 0.5) is 0 Å². The average Bonchev–Trinajstić information content (AvgIpc) is 2.68. The summed E-state index contributed by atoms with van der Waals surface area (Å²) in [5, 5.41) is 9.08. The van der Waals surface area contributed by atoms with Gasteiger partial charge in [0.05, 0.1) is 0 Å². The third kappa shape index (κ3) is 5.67. The first-order valence-electron chi connectivity index (χ1n) is 7.56. The van der Waals surface area contributed by atoms with Crippen LogP contribution in [0.15, 0.2) is 0 Å². The minimum absolute atomic E-state index is 0. The van der Waals surface area contributed by atoms with E-state index in [1.165, 1.54) is 38.5 Å². The molecule has 1 aliphatic heterocycles. The molecular weight excluding hydrogens is 278 g/mol. The van der Waals surface area contributed by atoms with E-state index < -0.39 is 0 Å². The first kappa shape index (κ1) is 17.2. The molecule has 2 rings (SSSR count). The molecule has 0 aromatic rings. The van der Waals surface area contributed by atoms with Gasteiger partial charge in [0.15, 0.2) is 0 Å². The molecular formula is C14H26ClN3O2. The Kier molecular flexibility index (Phi) is 7.92. The topological polar surface area (TPSA) is 70.2 Å². The summed E-state index contributed by atoms with van der Waals surface area (Å²) in [6.45, 7) is 1.46. The molecule has 0 aromatic heterocycles. The van der Waals surface area contributed by atoms with E-state index in [2.05, 4.69) is 16.0 Å². The molecule has 2 aliphatic rings. The maximum absolute atomic E-state index is 11.7. The molecule has 0 spiro atoms. The Morgan fingerprint density at radius 3 is 2.40 bits per heavy atom. The number of halogens is 1. The van der Waals surface area contributed by atoms with Crippen LogP contribution in [0.3, 0.4) is 0 Å². The van der Waals surface area contributed by atoms with Crippen LogP contribution in [0.25, 0.3) is 0 Å². The summed E-state index contributed by atoms with van der Waals surface area (Å²) in [4.78, 5) is 22.8. The zero-order chi connectivity index (χ0) is 13.5. The predicted octanol–water partition coefficient (Wildman–Crippen LogP) is 1.12. The Labute approximate surface area is 127 Å². The highest BCUT2D eigenvalue weighted by Crippen LogP contribution is 2.16. The summed E-state index contributed by atoms with van der Waals surface area (Å²) in [7, 11) is 0. The average molecular weight is 304 g/mol. The Morgan fingerprint density at radius 1 is 1.10 bits per heavy atom. The van der Waals surface area contributed by atoms with Gasteiger partial charge in [-0.2, -0.15) is 0 Å². The van der Waals surface area contributed by atoms with Crippen molar-refractivity contribution in [2.75, 3.05) is 13.1 Å². The van der Waals surface area contributed by atoms with Crippen LogP contribution < -0.4 is 16.0 Å². The van der Waals surface area contributed by atoms with Crippen LogP contribution in [0.2, 0.25) is 0 Å².